The van der Waals surface area contributed by atoms with Crippen molar-refractivity contribution >= 4 is 11.9 Å². The fraction of sp³-hybridized carbons (Fsp3) is 0.889. The zero-order chi connectivity index (χ0) is 19.0. The van der Waals surface area contributed by atoms with Crippen molar-refractivity contribution in [3.63, 3.8) is 0 Å². The highest BCUT2D eigenvalue weighted by molar-refractivity contribution is 5.92. The van der Waals surface area contributed by atoms with Gasteiger partial charge in [0, 0.05) is 13.2 Å². The SMILES string of the molecule is CCOC(C)(C(=O)OCC(C)C)C(C)(OCC)C(=O)OCC(C)C. The number of hydrogen-bond acceptors (Lipinski definition) is 6. The van der Waals surface area contributed by atoms with Gasteiger partial charge in [-0.15, -0.1) is 0 Å². The Labute approximate surface area is 146 Å². The molecule has 0 saturated carbocycles. The summed E-state index contributed by atoms with van der Waals surface area (Å²) in [7, 11) is 0. The highest BCUT2D eigenvalue weighted by Gasteiger charge is 2.59. The molecule has 0 aliphatic carbocycles. The molecule has 0 amide bonds. The third kappa shape index (κ3) is 5.74. The molecule has 142 valence electrons. The van der Waals surface area contributed by atoms with E-state index in [-0.39, 0.29) is 38.3 Å². The fourth-order valence-corrected chi connectivity index (χ4v) is 2.12. The normalized spacial score (nSPS) is 16.6. The van der Waals surface area contributed by atoms with Gasteiger partial charge in [0.15, 0.2) is 0 Å². The highest BCUT2D eigenvalue weighted by atomic mass is 16.6. The Bertz CT molecular complexity index is 368. The van der Waals surface area contributed by atoms with Gasteiger partial charge in [-0.05, 0) is 39.5 Å². The Morgan fingerprint density at radius 1 is 0.750 bits per heavy atom. The first kappa shape index (κ1) is 22.9. The second-order valence-electron chi connectivity index (χ2n) is 6.92. The summed E-state index contributed by atoms with van der Waals surface area (Å²) in [6, 6.07) is 0. The van der Waals surface area contributed by atoms with E-state index in [0.29, 0.717) is 0 Å². The Hall–Kier alpha value is -1.14. The van der Waals surface area contributed by atoms with Crippen LogP contribution >= 0.6 is 0 Å². The summed E-state index contributed by atoms with van der Waals surface area (Å²) in [4.78, 5) is 25.4. The quantitative estimate of drug-likeness (QED) is 0.536. The van der Waals surface area contributed by atoms with Crippen LogP contribution in [0.3, 0.4) is 0 Å². The van der Waals surface area contributed by atoms with Crippen molar-refractivity contribution in [2.45, 2.75) is 66.6 Å². The van der Waals surface area contributed by atoms with Gasteiger partial charge in [0.05, 0.1) is 13.2 Å². The maximum absolute atomic E-state index is 12.7. The van der Waals surface area contributed by atoms with E-state index in [1.54, 1.807) is 13.8 Å². The van der Waals surface area contributed by atoms with Crippen molar-refractivity contribution in [1.82, 2.24) is 0 Å². The lowest BCUT2D eigenvalue weighted by Crippen LogP contribution is -2.64. The molecule has 2 unspecified atom stereocenters. The van der Waals surface area contributed by atoms with Gasteiger partial charge in [-0.1, -0.05) is 27.7 Å². The van der Waals surface area contributed by atoms with Gasteiger partial charge >= 0.3 is 11.9 Å². The molecule has 0 aliphatic heterocycles. The molecule has 2 atom stereocenters. The highest BCUT2D eigenvalue weighted by Crippen LogP contribution is 2.33. The summed E-state index contributed by atoms with van der Waals surface area (Å²) < 4.78 is 22.0. The van der Waals surface area contributed by atoms with Gasteiger partial charge < -0.3 is 18.9 Å². The van der Waals surface area contributed by atoms with Gasteiger partial charge in [0.25, 0.3) is 0 Å². The molecular formula is C18H34O6. The molecule has 0 rings (SSSR count). The van der Waals surface area contributed by atoms with E-state index < -0.39 is 23.1 Å². The molecule has 0 bridgehead atoms. The number of carbonyl (C=O) groups excluding carboxylic acids is 2. The van der Waals surface area contributed by atoms with Crippen LogP contribution in [-0.4, -0.2) is 49.6 Å². The maximum Gasteiger partial charge on any atom is 0.341 e. The lowest BCUT2D eigenvalue weighted by atomic mass is 9.85. The number of ether oxygens (including phenoxy) is 4. The minimum Gasteiger partial charge on any atom is -0.463 e. The van der Waals surface area contributed by atoms with E-state index in [1.807, 2.05) is 27.7 Å². The lowest BCUT2D eigenvalue weighted by molar-refractivity contribution is -0.227. The smallest absolute Gasteiger partial charge is 0.341 e. The molecule has 6 nitrogen and oxygen atoms in total. The molecule has 0 radical (unpaired) electrons. The number of rotatable bonds is 11. The molecule has 0 aromatic rings. The number of hydrogen-bond donors (Lipinski definition) is 0. The average molecular weight is 346 g/mol. The van der Waals surface area contributed by atoms with Crippen molar-refractivity contribution in [2.75, 3.05) is 26.4 Å². The molecule has 0 N–H and O–H groups in total. The molecule has 0 saturated heterocycles. The molecular weight excluding hydrogens is 312 g/mol. The predicted molar refractivity (Wildman–Crippen MR) is 91.7 cm³/mol. The topological polar surface area (TPSA) is 71.1 Å². The summed E-state index contributed by atoms with van der Waals surface area (Å²) in [5.41, 5.74) is -3.19. The Morgan fingerprint density at radius 3 is 1.25 bits per heavy atom. The summed E-state index contributed by atoms with van der Waals surface area (Å²) in [6.07, 6.45) is 0. The van der Waals surface area contributed by atoms with Crippen LogP contribution < -0.4 is 0 Å². The first-order chi connectivity index (χ1) is 11.0. The number of esters is 2. The Morgan fingerprint density at radius 2 is 1.04 bits per heavy atom. The van der Waals surface area contributed by atoms with E-state index in [0.717, 1.165) is 0 Å². The third-order valence-electron chi connectivity index (χ3n) is 3.65. The first-order valence-electron chi connectivity index (χ1n) is 8.67. The van der Waals surface area contributed by atoms with E-state index in [1.165, 1.54) is 13.8 Å². The summed E-state index contributed by atoms with van der Waals surface area (Å²) >= 11 is 0. The summed E-state index contributed by atoms with van der Waals surface area (Å²) in [6.45, 7) is 15.2. The first-order valence-corrected chi connectivity index (χ1v) is 8.67. The second kappa shape index (κ2) is 9.99. The van der Waals surface area contributed by atoms with Crippen LogP contribution in [-0.2, 0) is 28.5 Å². The fourth-order valence-electron chi connectivity index (χ4n) is 2.12. The Kier molecular flexibility index (Phi) is 9.51. The standard InChI is InChI=1S/C18H34O6/c1-9-23-17(7,15(19)21-11-13(3)4)18(8,24-10-2)16(20)22-12-14(5)6/h13-14H,9-12H2,1-8H3. The van der Waals surface area contributed by atoms with Gasteiger partial charge in [-0.3, -0.25) is 0 Å². The molecule has 0 heterocycles. The zero-order valence-electron chi connectivity index (χ0n) is 16.4. The van der Waals surface area contributed by atoms with Gasteiger partial charge in [0.2, 0.25) is 11.2 Å². The van der Waals surface area contributed by atoms with Crippen LogP contribution in [0, 0.1) is 11.8 Å². The van der Waals surface area contributed by atoms with Gasteiger partial charge in [-0.2, -0.15) is 0 Å². The molecule has 0 aromatic heterocycles. The molecule has 24 heavy (non-hydrogen) atoms. The summed E-state index contributed by atoms with van der Waals surface area (Å²) in [5.74, 6) is -0.914. The van der Waals surface area contributed by atoms with E-state index in [4.69, 9.17) is 18.9 Å². The van der Waals surface area contributed by atoms with Crippen molar-refractivity contribution in [1.29, 1.82) is 0 Å². The zero-order valence-corrected chi connectivity index (χ0v) is 16.4. The van der Waals surface area contributed by atoms with E-state index in [9.17, 15) is 9.59 Å². The predicted octanol–water partition coefficient (Wildman–Crippen LogP) is 2.98. The average Bonchev–Trinajstić information content (AvgIpc) is 2.49. The van der Waals surface area contributed by atoms with E-state index >= 15 is 0 Å². The molecule has 6 heteroatoms. The lowest BCUT2D eigenvalue weighted by Gasteiger charge is -2.41. The third-order valence-corrected chi connectivity index (χ3v) is 3.65. The molecule has 0 aromatic carbocycles. The molecule has 0 spiro atoms. The van der Waals surface area contributed by atoms with Crippen molar-refractivity contribution in [2.24, 2.45) is 11.8 Å². The van der Waals surface area contributed by atoms with Crippen LogP contribution in [0.25, 0.3) is 0 Å². The van der Waals surface area contributed by atoms with Crippen molar-refractivity contribution < 1.29 is 28.5 Å². The second-order valence-corrected chi connectivity index (χ2v) is 6.92. The van der Waals surface area contributed by atoms with Crippen LogP contribution in [0.15, 0.2) is 0 Å². The van der Waals surface area contributed by atoms with Crippen LogP contribution in [0.5, 0.6) is 0 Å². The maximum atomic E-state index is 12.7. The minimum absolute atomic E-state index is 0.172. The monoisotopic (exact) mass is 346 g/mol. The van der Waals surface area contributed by atoms with Crippen LogP contribution in [0.1, 0.15) is 55.4 Å². The van der Waals surface area contributed by atoms with Crippen molar-refractivity contribution in [3.05, 3.63) is 0 Å². The van der Waals surface area contributed by atoms with Crippen molar-refractivity contribution in [3.8, 4) is 0 Å². The summed E-state index contributed by atoms with van der Waals surface area (Å²) in [5, 5.41) is 0. The molecule has 0 aliphatic rings. The Balaban J connectivity index is 5.60. The minimum atomic E-state index is -1.60. The van der Waals surface area contributed by atoms with E-state index in [2.05, 4.69) is 0 Å². The van der Waals surface area contributed by atoms with Gasteiger partial charge in [0.1, 0.15) is 0 Å². The number of carbonyl (C=O) groups is 2. The largest absolute Gasteiger partial charge is 0.463 e. The van der Waals surface area contributed by atoms with Gasteiger partial charge in [-0.25, -0.2) is 9.59 Å². The molecule has 0 fully saturated rings. The van der Waals surface area contributed by atoms with Crippen LogP contribution in [0.2, 0.25) is 0 Å². The van der Waals surface area contributed by atoms with Crippen LogP contribution in [0.4, 0.5) is 0 Å².